The highest BCUT2D eigenvalue weighted by molar-refractivity contribution is 7.98. The van der Waals surface area contributed by atoms with Crippen molar-refractivity contribution in [3.05, 3.63) is 34.9 Å². The lowest BCUT2D eigenvalue weighted by molar-refractivity contribution is 0.568. The van der Waals surface area contributed by atoms with Crippen molar-refractivity contribution in [1.29, 1.82) is 0 Å². The van der Waals surface area contributed by atoms with Crippen molar-refractivity contribution in [2.24, 2.45) is 0 Å². The lowest BCUT2D eigenvalue weighted by Crippen LogP contribution is -2.29. The summed E-state index contributed by atoms with van der Waals surface area (Å²) in [6, 6.07) is 8.61. The smallest absolute Gasteiger partial charge is 0.0406 e. The molecule has 0 bridgehead atoms. The highest BCUT2D eigenvalue weighted by Gasteiger charge is 2.02. The van der Waals surface area contributed by atoms with Crippen molar-refractivity contribution in [3.63, 3.8) is 0 Å². The number of rotatable bonds is 6. The van der Waals surface area contributed by atoms with Crippen LogP contribution in [0.1, 0.15) is 12.5 Å². The third-order valence-corrected chi connectivity index (χ3v) is 3.12. The maximum atomic E-state index is 5.83. The van der Waals surface area contributed by atoms with Crippen LogP contribution in [0.2, 0.25) is 5.02 Å². The summed E-state index contributed by atoms with van der Waals surface area (Å²) >= 11 is 7.70. The summed E-state index contributed by atoms with van der Waals surface area (Å²) in [6.07, 6.45) is 3.19. The molecule has 1 atom stereocenters. The van der Waals surface area contributed by atoms with Crippen LogP contribution in [0.5, 0.6) is 0 Å². The van der Waals surface area contributed by atoms with Crippen molar-refractivity contribution in [2.75, 3.05) is 18.6 Å². The quantitative estimate of drug-likeness (QED) is 0.770. The summed E-state index contributed by atoms with van der Waals surface area (Å²) in [5.74, 6) is 1.17. The molecule has 0 fully saturated rings. The summed E-state index contributed by atoms with van der Waals surface area (Å²) in [5, 5.41) is 4.30. The zero-order valence-corrected chi connectivity index (χ0v) is 10.9. The second kappa shape index (κ2) is 7.15. The third kappa shape index (κ3) is 5.45. The van der Waals surface area contributed by atoms with Crippen LogP contribution < -0.4 is 5.32 Å². The van der Waals surface area contributed by atoms with E-state index < -0.39 is 0 Å². The fraction of sp³-hybridized carbons (Fsp3) is 0.500. The van der Waals surface area contributed by atoms with Crippen LogP contribution in [0.3, 0.4) is 0 Å². The van der Waals surface area contributed by atoms with Crippen molar-refractivity contribution < 1.29 is 0 Å². The van der Waals surface area contributed by atoms with Gasteiger partial charge in [0.25, 0.3) is 0 Å². The molecule has 3 heteroatoms. The second-order valence-electron chi connectivity index (χ2n) is 3.68. The van der Waals surface area contributed by atoms with E-state index in [9.17, 15) is 0 Å². The van der Waals surface area contributed by atoms with E-state index in [1.54, 1.807) is 0 Å². The summed E-state index contributed by atoms with van der Waals surface area (Å²) in [7, 11) is 0. The molecule has 1 aromatic carbocycles. The molecule has 0 radical (unpaired) electrons. The van der Waals surface area contributed by atoms with E-state index in [0.29, 0.717) is 6.04 Å². The van der Waals surface area contributed by atoms with Gasteiger partial charge in [-0.05, 0) is 37.3 Å². The predicted molar refractivity (Wildman–Crippen MR) is 71.0 cm³/mol. The van der Waals surface area contributed by atoms with Crippen LogP contribution in [-0.2, 0) is 6.42 Å². The zero-order chi connectivity index (χ0) is 11.1. The Morgan fingerprint density at radius 1 is 1.33 bits per heavy atom. The van der Waals surface area contributed by atoms with Gasteiger partial charge in [0.05, 0.1) is 0 Å². The average molecular weight is 244 g/mol. The van der Waals surface area contributed by atoms with Gasteiger partial charge in [-0.1, -0.05) is 23.7 Å². The van der Waals surface area contributed by atoms with E-state index in [1.807, 2.05) is 23.9 Å². The number of thioether (sulfide) groups is 1. The van der Waals surface area contributed by atoms with Gasteiger partial charge in [0.15, 0.2) is 0 Å². The minimum atomic E-state index is 0.526. The van der Waals surface area contributed by atoms with Gasteiger partial charge in [-0.25, -0.2) is 0 Å². The summed E-state index contributed by atoms with van der Waals surface area (Å²) in [6.45, 7) is 3.30. The normalized spacial score (nSPS) is 12.7. The molecule has 0 aromatic heterocycles. The van der Waals surface area contributed by atoms with Gasteiger partial charge in [-0.15, -0.1) is 0 Å². The van der Waals surface area contributed by atoms with Crippen LogP contribution in [0.25, 0.3) is 0 Å². The lowest BCUT2D eigenvalue weighted by Gasteiger charge is -2.13. The summed E-state index contributed by atoms with van der Waals surface area (Å²) < 4.78 is 0. The van der Waals surface area contributed by atoms with Crippen LogP contribution in [0, 0.1) is 0 Å². The summed E-state index contributed by atoms with van der Waals surface area (Å²) in [4.78, 5) is 0. The molecular weight excluding hydrogens is 226 g/mol. The molecule has 0 saturated heterocycles. The largest absolute Gasteiger partial charge is 0.313 e. The van der Waals surface area contributed by atoms with Gasteiger partial charge in [-0.2, -0.15) is 11.8 Å². The zero-order valence-electron chi connectivity index (χ0n) is 9.29. The van der Waals surface area contributed by atoms with E-state index in [2.05, 4.69) is 30.6 Å². The number of halogens is 1. The Hall–Kier alpha value is -0.180. The molecule has 1 aromatic rings. The highest BCUT2D eigenvalue weighted by Crippen LogP contribution is 2.10. The van der Waals surface area contributed by atoms with Crippen LogP contribution >= 0.6 is 23.4 Å². The molecule has 1 unspecified atom stereocenters. The summed E-state index contributed by atoms with van der Waals surface area (Å²) in [5.41, 5.74) is 1.34. The molecule has 84 valence electrons. The number of nitrogens with one attached hydrogen (secondary N) is 1. The molecule has 0 spiro atoms. The van der Waals surface area contributed by atoms with E-state index in [4.69, 9.17) is 11.6 Å². The Labute approximate surface area is 102 Å². The molecule has 0 aliphatic heterocycles. The topological polar surface area (TPSA) is 12.0 Å². The van der Waals surface area contributed by atoms with Crippen LogP contribution in [0.4, 0.5) is 0 Å². The number of hydrogen-bond donors (Lipinski definition) is 1. The van der Waals surface area contributed by atoms with Gasteiger partial charge in [-0.3, -0.25) is 0 Å². The van der Waals surface area contributed by atoms with E-state index in [1.165, 1.54) is 11.3 Å². The van der Waals surface area contributed by atoms with Crippen molar-refractivity contribution in [2.45, 2.75) is 19.4 Å². The molecule has 1 rings (SSSR count). The Morgan fingerprint density at radius 2 is 2.00 bits per heavy atom. The first-order chi connectivity index (χ1) is 7.22. The molecular formula is C12H18ClNS. The minimum absolute atomic E-state index is 0.526. The van der Waals surface area contributed by atoms with Gasteiger partial charge in [0.1, 0.15) is 0 Å². The number of hydrogen-bond acceptors (Lipinski definition) is 2. The molecule has 1 N–H and O–H groups in total. The Morgan fingerprint density at radius 3 is 2.60 bits per heavy atom. The first kappa shape index (κ1) is 12.9. The van der Waals surface area contributed by atoms with Gasteiger partial charge in [0.2, 0.25) is 0 Å². The Bertz CT molecular complexity index is 273. The number of benzene rings is 1. The Kier molecular flexibility index (Phi) is 6.15. The standard InChI is InChI=1S/C12H18ClNS/c1-10(14-7-8-15-2)9-11-3-5-12(13)6-4-11/h3-6,10,14H,7-9H2,1-2H3. The molecule has 0 aliphatic rings. The predicted octanol–water partition coefficient (Wildman–Crippen LogP) is 3.22. The first-order valence-corrected chi connectivity index (χ1v) is 6.96. The van der Waals surface area contributed by atoms with E-state index >= 15 is 0 Å². The second-order valence-corrected chi connectivity index (χ2v) is 5.10. The molecule has 0 saturated carbocycles. The molecule has 0 aliphatic carbocycles. The van der Waals surface area contributed by atoms with Gasteiger partial charge in [0, 0.05) is 23.4 Å². The average Bonchev–Trinajstić information content (AvgIpc) is 2.22. The van der Waals surface area contributed by atoms with Crippen LogP contribution in [-0.4, -0.2) is 24.6 Å². The van der Waals surface area contributed by atoms with Crippen molar-refractivity contribution in [3.8, 4) is 0 Å². The molecule has 0 amide bonds. The fourth-order valence-electron chi connectivity index (χ4n) is 1.45. The SMILES string of the molecule is CSCCNC(C)Cc1ccc(Cl)cc1. The van der Waals surface area contributed by atoms with Crippen LogP contribution in [0.15, 0.2) is 24.3 Å². The highest BCUT2D eigenvalue weighted by atomic mass is 35.5. The maximum Gasteiger partial charge on any atom is 0.0406 e. The molecule has 0 heterocycles. The lowest BCUT2D eigenvalue weighted by atomic mass is 10.1. The Balaban J connectivity index is 2.31. The monoisotopic (exact) mass is 243 g/mol. The maximum absolute atomic E-state index is 5.83. The van der Waals surface area contributed by atoms with Gasteiger partial charge < -0.3 is 5.32 Å². The van der Waals surface area contributed by atoms with E-state index in [-0.39, 0.29) is 0 Å². The van der Waals surface area contributed by atoms with Crippen molar-refractivity contribution >= 4 is 23.4 Å². The molecule has 15 heavy (non-hydrogen) atoms. The van der Waals surface area contributed by atoms with Gasteiger partial charge >= 0.3 is 0 Å². The van der Waals surface area contributed by atoms with Crippen molar-refractivity contribution in [1.82, 2.24) is 5.32 Å². The first-order valence-electron chi connectivity index (χ1n) is 5.19. The minimum Gasteiger partial charge on any atom is -0.313 e. The van der Waals surface area contributed by atoms with E-state index in [0.717, 1.165) is 18.0 Å². The third-order valence-electron chi connectivity index (χ3n) is 2.25. The molecule has 1 nitrogen and oxygen atoms in total. The fourth-order valence-corrected chi connectivity index (χ4v) is 1.90.